The van der Waals surface area contributed by atoms with E-state index in [1.54, 1.807) is 29.8 Å². The molecule has 0 spiro atoms. The summed E-state index contributed by atoms with van der Waals surface area (Å²) in [4.78, 5) is 12.3. The van der Waals surface area contributed by atoms with E-state index < -0.39 is 10.0 Å². The Kier molecular flexibility index (Phi) is 5.61. The molecule has 1 amide bonds. The van der Waals surface area contributed by atoms with Crippen LogP contribution >= 0.6 is 11.3 Å². The first kappa shape index (κ1) is 18.2. The van der Waals surface area contributed by atoms with Gasteiger partial charge in [-0.1, -0.05) is 13.0 Å². The minimum Gasteiger partial charge on any atom is -0.467 e. The highest BCUT2D eigenvalue weighted by Gasteiger charge is 2.33. The van der Waals surface area contributed by atoms with Gasteiger partial charge < -0.3 is 9.73 Å². The van der Waals surface area contributed by atoms with Gasteiger partial charge >= 0.3 is 0 Å². The molecule has 3 rings (SSSR count). The highest BCUT2D eigenvalue weighted by molar-refractivity contribution is 7.91. The first-order valence-corrected chi connectivity index (χ1v) is 10.6. The number of carbonyl (C=O) groups excluding carboxylic acids is 1. The van der Waals surface area contributed by atoms with Gasteiger partial charge in [0.2, 0.25) is 5.91 Å². The number of furan rings is 1. The SMILES string of the molecule is C[C@@H](C(=O)NCc1ccco1)C1CCN(S(=O)(=O)c2cccs2)CC1. The molecule has 8 heteroatoms. The van der Waals surface area contributed by atoms with Crippen LogP contribution in [0.2, 0.25) is 0 Å². The summed E-state index contributed by atoms with van der Waals surface area (Å²) >= 11 is 1.24. The number of rotatable bonds is 6. The Labute approximate surface area is 151 Å². The minimum atomic E-state index is -3.39. The number of nitrogens with one attached hydrogen (secondary N) is 1. The first-order valence-electron chi connectivity index (χ1n) is 8.32. The highest BCUT2D eigenvalue weighted by Crippen LogP contribution is 2.29. The van der Waals surface area contributed by atoms with Gasteiger partial charge in [-0.25, -0.2) is 8.42 Å². The van der Waals surface area contributed by atoms with Gasteiger partial charge in [-0.2, -0.15) is 4.31 Å². The Morgan fingerprint density at radius 1 is 1.36 bits per heavy atom. The van der Waals surface area contributed by atoms with Gasteiger partial charge in [0.15, 0.2) is 0 Å². The maximum Gasteiger partial charge on any atom is 0.252 e. The third-order valence-corrected chi connectivity index (χ3v) is 8.00. The van der Waals surface area contributed by atoms with E-state index in [1.807, 2.05) is 13.0 Å². The lowest BCUT2D eigenvalue weighted by Gasteiger charge is -2.33. The molecule has 0 radical (unpaired) electrons. The van der Waals surface area contributed by atoms with Crippen LogP contribution in [0.25, 0.3) is 0 Å². The van der Waals surface area contributed by atoms with Gasteiger partial charge in [0.1, 0.15) is 9.97 Å². The molecule has 0 aromatic carbocycles. The molecule has 3 heterocycles. The molecule has 2 aromatic rings. The molecular formula is C17H22N2O4S2. The van der Waals surface area contributed by atoms with Crippen molar-refractivity contribution < 1.29 is 17.6 Å². The van der Waals surface area contributed by atoms with Gasteiger partial charge in [-0.3, -0.25) is 4.79 Å². The first-order chi connectivity index (χ1) is 12.0. The van der Waals surface area contributed by atoms with Crippen LogP contribution in [0.5, 0.6) is 0 Å². The fourth-order valence-electron chi connectivity index (χ4n) is 3.12. The third kappa shape index (κ3) is 4.13. The van der Waals surface area contributed by atoms with Crippen LogP contribution in [0, 0.1) is 11.8 Å². The van der Waals surface area contributed by atoms with Crippen LogP contribution in [-0.4, -0.2) is 31.7 Å². The van der Waals surface area contributed by atoms with Crippen molar-refractivity contribution in [3.05, 3.63) is 41.7 Å². The van der Waals surface area contributed by atoms with E-state index in [4.69, 9.17) is 4.42 Å². The van der Waals surface area contributed by atoms with E-state index in [-0.39, 0.29) is 17.7 Å². The summed E-state index contributed by atoms with van der Waals surface area (Å²) in [6.45, 7) is 3.20. The molecule has 0 bridgehead atoms. The summed E-state index contributed by atoms with van der Waals surface area (Å²) in [6.07, 6.45) is 2.97. The van der Waals surface area contributed by atoms with Crippen LogP contribution in [0.3, 0.4) is 0 Å². The van der Waals surface area contributed by atoms with Crippen molar-refractivity contribution in [2.75, 3.05) is 13.1 Å². The van der Waals surface area contributed by atoms with Crippen molar-refractivity contribution in [2.45, 2.75) is 30.5 Å². The largest absolute Gasteiger partial charge is 0.467 e. The predicted octanol–water partition coefficient (Wildman–Crippen LogP) is 2.69. The quantitative estimate of drug-likeness (QED) is 0.833. The second kappa shape index (κ2) is 7.72. The van der Waals surface area contributed by atoms with Crippen molar-refractivity contribution in [3.63, 3.8) is 0 Å². The van der Waals surface area contributed by atoms with Crippen molar-refractivity contribution >= 4 is 27.3 Å². The Balaban J connectivity index is 1.52. The smallest absolute Gasteiger partial charge is 0.252 e. The average molecular weight is 383 g/mol. The number of hydrogen-bond acceptors (Lipinski definition) is 5. The molecule has 1 atom stereocenters. The molecule has 1 aliphatic rings. The van der Waals surface area contributed by atoms with Gasteiger partial charge in [0, 0.05) is 19.0 Å². The molecule has 1 aliphatic heterocycles. The molecule has 0 aliphatic carbocycles. The molecule has 1 N–H and O–H groups in total. The van der Waals surface area contributed by atoms with Crippen LogP contribution in [0.15, 0.2) is 44.5 Å². The lowest BCUT2D eigenvalue weighted by Crippen LogP contribution is -2.42. The van der Waals surface area contributed by atoms with Crippen molar-refractivity contribution in [3.8, 4) is 0 Å². The van der Waals surface area contributed by atoms with Crippen LogP contribution < -0.4 is 5.32 Å². The zero-order chi connectivity index (χ0) is 17.9. The van der Waals surface area contributed by atoms with E-state index in [0.29, 0.717) is 36.7 Å². The monoisotopic (exact) mass is 382 g/mol. The number of amides is 1. The number of nitrogens with zero attached hydrogens (tertiary/aromatic N) is 1. The summed E-state index contributed by atoms with van der Waals surface area (Å²) in [5.74, 6) is 0.737. The molecule has 6 nitrogen and oxygen atoms in total. The van der Waals surface area contributed by atoms with Gasteiger partial charge in [0.05, 0.1) is 12.8 Å². The maximum absolute atomic E-state index is 12.5. The highest BCUT2D eigenvalue weighted by atomic mass is 32.2. The topological polar surface area (TPSA) is 79.6 Å². The van der Waals surface area contributed by atoms with Gasteiger partial charge in [0.25, 0.3) is 10.0 Å². The lowest BCUT2D eigenvalue weighted by atomic mass is 9.85. The second-order valence-corrected chi connectivity index (χ2v) is 9.37. The maximum atomic E-state index is 12.5. The molecule has 0 unspecified atom stereocenters. The summed E-state index contributed by atoms with van der Waals surface area (Å²) in [5.41, 5.74) is 0. The molecule has 2 aromatic heterocycles. The lowest BCUT2D eigenvalue weighted by molar-refractivity contribution is -0.126. The molecule has 136 valence electrons. The van der Waals surface area contributed by atoms with Gasteiger partial charge in [-0.15, -0.1) is 11.3 Å². The number of hydrogen-bond donors (Lipinski definition) is 1. The second-order valence-electron chi connectivity index (χ2n) is 6.26. The molecule has 25 heavy (non-hydrogen) atoms. The van der Waals surface area contributed by atoms with E-state index in [1.165, 1.54) is 15.6 Å². The molecule has 1 fully saturated rings. The molecule has 1 saturated heterocycles. The van der Waals surface area contributed by atoms with E-state index in [0.717, 1.165) is 5.76 Å². The third-order valence-electron chi connectivity index (χ3n) is 4.73. The zero-order valence-electron chi connectivity index (χ0n) is 14.1. The Morgan fingerprint density at radius 3 is 2.72 bits per heavy atom. The van der Waals surface area contributed by atoms with Crippen LogP contribution in [0.1, 0.15) is 25.5 Å². The predicted molar refractivity (Wildman–Crippen MR) is 95.5 cm³/mol. The summed E-state index contributed by atoms with van der Waals surface area (Å²) in [7, 11) is -3.39. The molecular weight excluding hydrogens is 360 g/mol. The van der Waals surface area contributed by atoms with Crippen molar-refractivity contribution in [2.24, 2.45) is 11.8 Å². The minimum absolute atomic E-state index is 0.0176. The Morgan fingerprint density at radius 2 is 2.12 bits per heavy atom. The fraction of sp³-hybridized carbons (Fsp3) is 0.471. The summed E-state index contributed by atoms with van der Waals surface area (Å²) < 4.78 is 32.2. The van der Waals surface area contributed by atoms with Crippen molar-refractivity contribution in [1.29, 1.82) is 0 Å². The van der Waals surface area contributed by atoms with E-state index in [2.05, 4.69) is 5.32 Å². The zero-order valence-corrected chi connectivity index (χ0v) is 15.7. The number of piperidine rings is 1. The number of carbonyl (C=O) groups is 1. The Bertz CT molecular complexity index is 777. The van der Waals surface area contributed by atoms with Crippen LogP contribution in [-0.2, 0) is 21.4 Å². The number of sulfonamides is 1. The standard InChI is InChI=1S/C17H22N2O4S2/c1-13(17(20)18-12-15-4-2-10-23-15)14-6-8-19(9-7-14)25(21,22)16-5-3-11-24-16/h2-5,10-11,13-14H,6-9,12H2,1H3,(H,18,20)/t13-/m1/s1. The van der Waals surface area contributed by atoms with Crippen LogP contribution in [0.4, 0.5) is 0 Å². The Hall–Kier alpha value is -1.64. The van der Waals surface area contributed by atoms with E-state index in [9.17, 15) is 13.2 Å². The molecule has 0 saturated carbocycles. The normalized spacial score (nSPS) is 18.1. The summed E-state index contributed by atoms with van der Waals surface area (Å²) in [6, 6.07) is 6.99. The average Bonchev–Trinajstić information content (AvgIpc) is 3.32. The van der Waals surface area contributed by atoms with Gasteiger partial charge in [-0.05, 0) is 42.3 Å². The summed E-state index contributed by atoms with van der Waals surface area (Å²) in [5, 5.41) is 4.65. The van der Waals surface area contributed by atoms with E-state index >= 15 is 0 Å². The number of thiophene rings is 1. The fourth-order valence-corrected chi connectivity index (χ4v) is 5.73. The van der Waals surface area contributed by atoms with Crippen molar-refractivity contribution in [1.82, 2.24) is 9.62 Å².